The van der Waals surface area contributed by atoms with Crippen molar-refractivity contribution in [2.45, 2.75) is 44.7 Å². The van der Waals surface area contributed by atoms with Crippen molar-refractivity contribution in [3.63, 3.8) is 0 Å². The summed E-state index contributed by atoms with van der Waals surface area (Å²) in [6.07, 6.45) is 3.27. The first kappa shape index (κ1) is 18.2. The van der Waals surface area contributed by atoms with Crippen LogP contribution >= 0.6 is 0 Å². The lowest BCUT2D eigenvalue weighted by Gasteiger charge is -2.28. The molecule has 144 valence electrons. The number of carboxylic acids is 1. The summed E-state index contributed by atoms with van der Waals surface area (Å²) in [4.78, 5) is 28.3. The van der Waals surface area contributed by atoms with Crippen molar-refractivity contribution in [1.82, 2.24) is 14.9 Å². The lowest BCUT2D eigenvalue weighted by molar-refractivity contribution is -0.136. The SMILES string of the molecule is CC(C(=O)N[C@@H]1CCc2c(CC(=O)O)c3ccccc3n2C1)c1ccccn1. The van der Waals surface area contributed by atoms with Gasteiger partial charge in [-0.3, -0.25) is 14.6 Å². The largest absolute Gasteiger partial charge is 0.481 e. The quantitative estimate of drug-likeness (QED) is 0.716. The van der Waals surface area contributed by atoms with Crippen LogP contribution in [0.4, 0.5) is 0 Å². The fraction of sp³-hybridized carbons (Fsp3) is 0.318. The normalized spacial score (nSPS) is 17.1. The molecule has 2 atom stereocenters. The lowest BCUT2D eigenvalue weighted by atomic mass is 9.99. The van der Waals surface area contributed by atoms with E-state index in [1.165, 1.54) is 0 Å². The lowest BCUT2D eigenvalue weighted by Crippen LogP contribution is -2.42. The average molecular weight is 377 g/mol. The summed E-state index contributed by atoms with van der Waals surface area (Å²) in [5.74, 6) is -1.17. The summed E-state index contributed by atoms with van der Waals surface area (Å²) in [7, 11) is 0. The molecule has 28 heavy (non-hydrogen) atoms. The van der Waals surface area contributed by atoms with Crippen LogP contribution in [0, 0.1) is 0 Å². The first-order valence-corrected chi connectivity index (χ1v) is 9.56. The summed E-state index contributed by atoms with van der Waals surface area (Å²) in [5.41, 5.74) is 3.76. The van der Waals surface area contributed by atoms with Crippen LogP contribution in [0.3, 0.4) is 0 Å². The predicted molar refractivity (Wildman–Crippen MR) is 106 cm³/mol. The van der Waals surface area contributed by atoms with Gasteiger partial charge in [-0.15, -0.1) is 0 Å². The number of hydrogen-bond acceptors (Lipinski definition) is 3. The minimum absolute atomic E-state index is 0.0136. The molecule has 1 amide bonds. The molecule has 0 saturated heterocycles. The number of nitrogens with zero attached hydrogens (tertiary/aromatic N) is 2. The number of para-hydroxylation sites is 1. The minimum Gasteiger partial charge on any atom is -0.481 e. The average Bonchev–Trinajstić information content (AvgIpc) is 3.01. The van der Waals surface area contributed by atoms with Gasteiger partial charge >= 0.3 is 5.97 Å². The number of fused-ring (bicyclic) bond motifs is 3. The number of benzene rings is 1. The molecule has 2 aromatic heterocycles. The Morgan fingerprint density at radius 2 is 2.04 bits per heavy atom. The Balaban J connectivity index is 1.57. The molecule has 3 aromatic rings. The van der Waals surface area contributed by atoms with Gasteiger partial charge in [0.25, 0.3) is 0 Å². The molecule has 0 radical (unpaired) electrons. The van der Waals surface area contributed by atoms with E-state index in [-0.39, 0.29) is 24.3 Å². The number of aromatic nitrogens is 2. The van der Waals surface area contributed by atoms with E-state index in [1.54, 1.807) is 6.20 Å². The van der Waals surface area contributed by atoms with Gasteiger partial charge in [0, 0.05) is 35.4 Å². The molecular weight excluding hydrogens is 354 g/mol. The van der Waals surface area contributed by atoms with Gasteiger partial charge in [0.05, 0.1) is 18.0 Å². The minimum atomic E-state index is -0.821. The number of pyridine rings is 1. The van der Waals surface area contributed by atoms with Crippen molar-refractivity contribution in [3.05, 3.63) is 65.6 Å². The number of amides is 1. The highest BCUT2D eigenvalue weighted by molar-refractivity contribution is 5.89. The van der Waals surface area contributed by atoms with Crippen LogP contribution in [-0.2, 0) is 29.0 Å². The smallest absolute Gasteiger partial charge is 0.307 e. The maximum Gasteiger partial charge on any atom is 0.307 e. The van der Waals surface area contributed by atoms with Gasteiger partial charge in [-0.1, -0.05) is 24.3 Å². The van der Waals surface area contributed by atoms with Crippen molar-refractivity contribution in [2.24, 2.45) is 0 Å². The molecular formula is C22H23N3O3. The number of carbonyl (C=O) groups is 2. The highest BCUT2D eigenvalue weighted by Gasteiger charge is 2.27. The second-order valence-electron chi connectivity index (χ2n) is 7.34. The molecule has 1 aliphatic rings. The van der Waals surface area contributed by atoms with Crippen molar-refractivity contribution in [3.8, 4) is 0 Å². The van der Waals surface area contributed by atoms with E-state index in [4.69, 9.17) is 0 Å². The van der Waals surface area contributed by atoms with Crippen LogP contribution in [0.2, 0.25) is 0 Å². The predicted octanol–water partition coefficient (Wildman–Crippen LogP) is 2.90. The van der Waals surface area contributed by atoms with Crippen molar-refractivity contribution in [1.29, 1.82) is 0 Å². The van der Waals surface area contributed by atoms with Crippen LogP contribution in [0.5, 0.6) is 0 Å². The topological polar surface area (TPSA) is 84.2 Å². The summed E-state index contributed by atoms with van der Waals surface area (Å²) in [6.45, 7) is 2.51. The zero-order valence-corrected chi connectivity index (χ0v) is 15.8. The van der Waals surface area contributed by atoms with Gasteiger partial charge in [0.1, 0.15) is 0 Å². The van der Waals surface area contributed by atoms with Crippen LogP contribution < -0.4 is 5.32 Å². The van der Waals surface area contributed by atoms with Crippen molar-refractivity contribution >= 4 is 22.8 Å². The van der Waals surface area contributed by atoms with Crippen LogP contribution in [0.25, 0.3) is 10.9 Å². The van der Waals surface area contributed by atoms with Gasteiger partial charge in [-0.25, -0.2) is 0 Å². The fourth-order valence-electron chi connectivity index (χ4n) is 4.10. The second-order valence-corrected chi connectivity index (χ2v) is 7.34. The standard InChI is InChI=1S/C22H23N3O3/c1-14(18-7-4-5-11-23-18)22(28)24-15-9-10-20-17(12-21(26)27)16-6-2-3-8-19(16)25(20)13-15/h2-8,11,14-15H,9-10,12-13H2,1H3,(H,24,28)(H,26,27)/t14?,15-/m1/s1. The van der Waals surface area contributed by atoms with E-state index < -0.39 is 5.97 Å². The highest BCUT2D eigenvalue weighted by atomic mass is 16.4. The van der Waals surface area contributed by atoms with E-state index in [2.05, 4.69) is 14.9 Å². The number of nitrogens with one attached hydrogen (secondary N) is 1. The first-order chi connectivity index (χ1) is 13.5. The molecule has 1 aliphatic heterocycles. The zero-order valence-electron chi connectivity index (χ0n) is 15.8. The molecule has 0 bridgehead atoms. The van der Waals surface area contributed by atoms with Gasteiger partial charge in [-0.2, -0.15) is 0 Å². The number of aliphatic carboxylic acids is 1. The van der Waals surface area contributed by atoms with Crippen molar-refractivity contribution < 1.29 is 14.7 Å². The van der Waals surface area contributed by atoms with Crippen LogP contribution in [-0.4, -0.2) is 32.6 Å². The highest BCUT2D eigenvalue weighted by Crippen LogP contribution is 2.31. The molecule has 1 unspecified atom stereocenters. The summed E-state index contributed by atoms with van der Waals surface area (Å²) in [5, 5.41) is 13.5. The summed E-state index contributed by atoms with van der Waals surface area (Å²) >= 11 is 0. The molecule has 4 rings (SSSR count). The van der Waals surface area contributed by atoms with Gasteiger partial charge in [-0.05, 0) is 43.5 Å². The molecule has 0 aliphatic carbocycles. The van der Waals surface area contributed by atoms with Gasteiger partial charge in [0.15, 0.2) is 0 Å². The van der Waals surface area contributed by atoms with E-state index in [9.17, 15) is 14.7 Å². The Morgan fingerprint density at radius 1 is 1.25 bits per heavy atom. The second kappa shape index (κ2) is 7.46. The van der Waals surface area contributed by atoms with Gasteiger partial charge in [0.2, 0.25) is 5.91 Å². The Bertz CT molecular complexity index is 1030. The van der Waals surface area contributed by atoms with Crippen LogP contribution in [0.15, 0.2) is 48.7 Å². The molecule has 1 aromatic carbocycles. The van der Waals surface area contributed by atoms with E-state index in [1.807, 2.05) is 49.4 Å². The maximum absolute atomic E-state index is 12.7. The first-order valence-electron chi connectivity index (χ1n) is 9.56. The molecule has 2 N–H and O–H groups in total. The molecule has 0 spiro atoms. The number of rotatable bonds is 5. The molecule has 0 fully saturated rings. The molecule has 6 nitrogen and oxygen atoms in total. The third kappa shape index (κ3) is 3.38. The number of carbonyl (C=O) groups excluding carboxylic acids is 1. The monoisotopic (exact) mass is 377 g/mol. The molecule has 3 heterocycles. The summed E-state index contributed by atoms with van der Waals surface area (Å²) in [6, 6.07) is 13.5. The third-order valence-corrected chi connectivity index (χ3v) is 5.53. The third-order valence-electron chi connectivity index (χ3n) is 5.53. The fourth-order valence-corrected chi connectivity index (χ4v) is 4.10. The summed E-state index contributed by atoms with van der Waals surface area (Å²) < 4.78 is 2.17. The Morgan fingerprint density at radius 3 is 2.79 bits per heavy atom. The maximum atomic E-state index is 12.7. The number of carboxylic acid groups (broad SMARTS) is 1. The van der Waals surface area contributed by atoms with E-state index in [0.717, 1.165) is 40.7 Å². The van der Waals surface area contributed by atoms with Gasteiger partial charge < -0.3 is 15.0 Å². The Hall–Kier alpha value is -3.15. The zero-order chi connectivity index (χ0) is 19.7. The van der Waals surface area contributed by atoms with E-state index in [0.29, 0.717) is 6.54 Å². The Kier molecular flexibility index (Phi) is 4.86. The molecule has 6 heteroatoms. The number of hydrogen-bond donors (Lipinski definition) is 2. The Labute approximate surface area is 163 Å². The van der Waals surface area contributed by atoms with E-state index >= 15 is 0 Å². The van der Waals surface area contributed by atoms with Crippen LogP contribution in [0.1, 0.15) is 36.2 Å². The van der Waals surface area contributed by atoms with Crippen molar-refractivity contribution in [2.75, 3.05) is 0 Å². The molecule has 0 saturated carbocycles.